The van der Waals surface area contributed by atoms with E-state index in [1.54, 1.807) is 24.3 Å². The molecule has 210 valence electrons. The molecule has 10 heteroatoms. The van der Waals surface area contributed by atoms with Crippen molar-refractivity contribution in [3.63, 3.8) is 0 Å². The first-order valence-corrected chi connectivity index (χ1v) is 14.1. The zero-order valence-electron chi connectivity index (χ0n) is 23.2. The number of nitrogens with zero attached hydrogens (tertiary/aromatic N) is 5. The summed E-state index contributed by atoms with van der Waals surface area (Å²) in [5.41, 5.74) is 1.88. The Morgan fingerprint density at radius 1 is 1.12 bits per heavy atom. The van der Waals surface area contributed by atoms with Crippen molar-refractivity contribution in [2.24, 2.45) is 16.8 Å². The van der Waals surface area contributed by atoms with Crippen molar-refractivity contribution in [3.05, 3.63) is 76.9 Å². The van der Waals surface area contributed by atoms with Crippen LogP contribution in [-0.2, 0) is 11.3 Å². The number of aromatic nitrogens is 4. The first-order valence-electron chi connectivity index (χ1n) is 14.1. The molecule has 0 unspecified atom stereocenters. The van der Waals surface area contributed by atoms with Crippen molar-refractivity contribution in [1.29, 1.82) is 0 Å². The summed E-state index contributed by atoms with van der Waals surface area (Å²) in [4.78, 5) is 34.0. The van der Waals surface area contributed by atoms with Gasteiger partial charge in [0, 0.05) is 11.1 Å². The van der Waals surface area contributed by atoms with Crippen LogP contribution in [0.5, 0.6) is 0 Å². The van der Waals surface area contributed by atoms with E-state index in [0.29, 0.717) is 34.5 Å². The van der Waals surface area contributed by atoms with Gasteiger partial charge in [-0.1, -0.05) is 44.5 Å². The van der Waals surface area contributed by atoms with E-state index < -0.39 is 5.66 Å². The summed E-state index contributed by atoms with van der Waals surface area (Å²) in [6.45, 7) is 6.79. The summed E-state index contributed by atoms with van der Waals surface area (Å²) >= 11 is 0. The van der Waals surface area contributed by atoms with Crippen LogP contribution in [0.2, 0.25) is 0 Å². The SMILES string of the molecule is CCC[C@H](c1ccc(C(=O)NCc2nn[nH]n2)cc1)N1C(=O)C(c2ccc(F)cc2)=NC12CCC(C(C)C)CC2. The molecule has 1 aliphatic heterocycles. The van der Waals surface area contributed by atoms with Gasteiger partial charge < -0.3 is 10.2 Å². The van der Waals surface area contributed by atoms with E-state index in [9.17, 15) is 14.0 Å². The lowest BCUT2D eigenvalue weighted by atomic mass is 9.76. The van der Waals surface area contributed by atoms with Gasteiger partial charge in [-0.3, -0.25) is 14.6 Å². The van der Waals surface area contributed by atoms with Crippen LogP contribution in [0.3, 0.4) is 0 Å². The second-order valence-corrected chi connectivity index (χ2v) is 11.1. The number of hydrogen-bond acceptors (Lipinski definition) is 6. The minimum atomic E-state index is -0.632. The van der Waals surface area contributed by atoms with E-state index in [0.717, 1.165) is 44.1 Å². The predicted octanol–water partition coefficient (Wildman–Crippen LogP) is 4.98. The quantitative estimate of drug-likeness (QED) is 0.393. The Bertz CT molecular complexity index is 1350. The number of carbonyl (C=O) groups excluding carboxylic acids is 2. The minimum Gasteiger partial charge on any atom is -0.345 e. The van der Waals surface area contributed by atoms with E-state index in [1.165, 1.54) is 12.1 Å². The van der Waals surface area contributed by atoms with E-state index in [-0.39, 0.29) is 30.2 Å². The van der Waals surface area contributed by atoms with Gasteiger partial charge in [-0.15, -0.1) is 10.2 Å². The normalized spacial score (nSPS) is 21.6. The third kappa shape index (κ3) is 5.52. The van der Waals surface area contributed by atoms with Crippen LogP contribution < -0.4 is 5.32 Å². The van der Waals surface area contributed by atoms with Crippen molar-refractivity contribution >= 4 is 17.5 Å². The molecule has 2 aliphatic rings. The standard InChI is InChI=1S/C30H36FN7O2/c1-4-5-25(21-6-8-23(9-7-21)28(39)32-18-26-34-36-37-35-26)38-29(40)27(22-10-12-24(31)13-11-22)33-30(38)16-14-20(15-17-30)19(2)3/h6-13,19-20,25H,4-5,14-18H2,1-3H3,(H,32,39)(H,34,35,36,37)/t20?,25-,30?/m1/s1. The van der Waals surface area contributed by atoms with Gasteiger partial charge in [-0.25, -0.2) is 4.39 Å². The van der Waals surface area contributed by atoms with Gasteiger partial charge in [-0.2, -0.15) is 5.21 Å². The van der Waals surface area contributed by atoms with Gasteiger partial charge in [0.15, 0.2) is 5.82 Å². The Labute approximate surface area is 233 Å². The highest BCUT2D eigenvalue weighted by atomic mass is 19.1. The molecule has 0 bridgehead atoms. The number of hydrogen-bond donors (Lipinski definition) is 2. The molecule has 1 fully saturated rings. The number of H-pyrrole nitrogens is 1. The molecule has 1 atom stereocenters. The molecule has 2 N–H and O–H groups in total. The molecule has 2 heterocycles. The number of halogens is 1. The van der Waals surface area contributed by atoms with E-state index in [4.69, 9.17) is 4.99 Å². The van der Waals surface area contributed by atoms with Crippen molar-refractivity contribution in [1.82, 2.24) is 30.8 Å². The number of amides is 2. The average Bonchev–Trinajstić information content (AvgIpc) is 3.58. The zero-order chi connectivity index (χ0) is 28.3. The van der Waals surface area contributed by atoms with E-state index in [1.807, 2.05) is 17.0 Å². The topological polar surface area (TPSA) is 116 Å². The second-order valence-electron chi connectivity index (χ2n) is 11.1. The fraction of sp³-hybridized carbons (Fsp3) is 0.467. The number of nitrogens with one attached hydrogen (secondary N) is 2. The zero-order valence-corrected chi connectivity index (χ0v) is 23.2. The molecular weight excluding hydrogens is 509 g/mol. The molecule has 3 aromatic rings. The third-order valence-corrected chi connectivity index (χ3v) is 8.31. The lowest BCUT2D eigenvalue weighted by molar-refractivity contribution is -0.133. The smallest absolute Gasteiger partial charge is 0.275 e. The molecule has 9 nitrogen and oxygen atoms in total. The summed E-state index contributed by atoms with van der Waals surface area (Å²) in [5.74, 6) is 0.872. The van der Waals surface area contributed by atoms with Crippen molar-refractivity contribution in [3.8, 4) is 0 Å². The fourth-order valence-electron chi connectivity index (χ4n) is 6.06. The van der Waals surface area contributed by atoms with Crippen molar-refractivity contribution < 1.29 is 14.0 Å². The maximum Gasteiger partial charge on any atom is 0.275 e. The van der Waals surface area contributed by atoms with Crippen LogP contribution in [0.25, 0.3) is 0 Å². The summed E-state index contributed by atoms with van der Waals surface area (Å²) in [6.07, 6.45) is 5.22. The molecule has 40 heavy (non-hydrogen) atoms. The summed E-state index contributed by atoms with van der Waals surface area (Å²) in [7, 11) is 0. The number of aliphatic imine (C=N–C) groups is 1. The van der Waals surface area contributed by atoms with Crippen LogP contribution >= 0.6 is 0 Å². The molecule has 1 saturated carbocycles. The number of tetrazole rings is 1. The van der Waals surface area contributed by atoms with Crippen molar-refractivity contribution in [2.45, 2.75) is 77.5 Å². The highest BCUT2D eigenvalue weighted by molar-refractivity contribution is 6.46. The molecule has 5 rings (SSSR count). The Kier molecular flexibility index (Phi) is 8.04. The van der Waals surface area contributed by atoms with Gasteiger partial charge in [0.05, 0.1) is 12.6 Å². The van der Waals surface area contributed by atoms with Gasteiger partial charge in [-0.05, 0) is 85.9 Å². The predicted molar refractivity (Wildman–Crippen MR) is 149 cm³/mol. The number of aromatic amines is 1. The summed E-state index contributed by atoms with van der Waals surface area (Å²) in [6, 6.07) is 13.3. The molecular formula is C30H36FN7O2. The van der Waals surface area contributed by atoms with Gasteiger partial charge in [0.25, 0.3) is 11.8 Å². The summed E-state index contributed by atoms with van der Waals surface area (Å²) < 4.78 is 13.7. The van der Waals surface area contributed by atoms with E-state index >= 15 is 0 Å². The fourth-order valence-corrected chi connectivity index (χ4v) is 6.06. The van der Waals surface area contributed by atoms with Crippen LogP contribution in [0.4, 0.5) is 4.39 Å². The van der Waals surface area contributed by atoms with Crippen LogP contribution in [0.1, 0.15) is 92.6 Å². The highest BCUT2D eigenvalue weighted by Gasteiger charge is 2.51. The molecule has 1 spiro atoms. The Morgan fingerprint density at radius 3 is 2.42 bits per heavy atom. The molecule has 0 radical (unpaired) electrons. The number of rotatable bonds is 9. The molecule has 1 aliphatic carbocycles. The first kappa shape index (κ1) is 27.6. The first-order chi connectivity index (χ1) is 19.3. The molecule has 2 amide bonds. The number of benzene rings is 2. The molecule has 1 aromatic heterocycles. The number of carbonyl (C=O) groups is 2. The minimum absolute atomic E-state index is 0.116. The van der Waals surface area contributed by atoms with E-state index in [2.05, 4.69) is 46.7 Å². The monoisotopic (exact) mass is 545 g/mol. The average molecular weight is 546 g/mol. The largest absolute Gasteiger partial charge is 0.345 e. The highest BCUT2D eigenvalue weighted by Crippen LogP contribution is 2.48. The van der Waals surface area contributed by atoms with Gasteiger partial charge >= 0.3 is 0 Å². The Morgan fingerprint density at radius 2 is 1.82 bits per heavy atom. The van der Waals surface area contributed by atoms with Gasteiger partial charge in [0.1, 0.15) is 17.2 Å². The molecule has 0 saturated heterocycles. The van der Waals surface area contributed by atoms with Gasteiger partial charge in [0.2, 0.25) is 0 Å². The van der Waals surface area contributed by atoms with Crippen LogP contribution in [-0.4, -0.2) is 48.7 Å². The second kappa shape index (κ2) is 11.7. The maximum atomic E-state index is 14.2. The maximum absolute atomic E-state index is 14.2. The van der Waals surface area contributed by atoms with Crippen LogP contribution in [0, 0.1) is 17.7 Å². The lowest BCUT2D eigenvalue weighted by Crippen LogP contribution is -2.51. The summed E-state index contributed by atoms with van der Waals surface area (Å²) in [5, 5.41) is 16.4. The Hall–Kier alpha value is -3.95. The molecule has 2 aromatic carbocycles. The van der Waals surface area contributed by atoms with Crippen molar-refractivity contribution in [2.75, 3.05) is 0 Å². The van der Waals surface area contributed by atoms with Crippen LogP contribution in [0.15, 0.2) is 53.5 Å². The Balaban J connectivity index is 1.44. The third-order valence-electron chi connectivity index (χ3n) is 8.31. The lowest BCUT2D eigenvalue weighted by Gasteiger charge is -2.46.